The highest BCUT2D eigenvalue weighted by molar-refractivity contribution is 14.0. The fraction of sp³-hybridized carbons (Fsp3) is 0.533. The lowest BCUT2D eigenvalue weighted by atomic mass is 10.1. The zero-order valence-corrected chi connectivity index (χ0v) is 16.8. The maximum atomic E-state index is 5.09. The predicted octanol–water partition coefficient (Wildman–Crippen LogP) is 3.20. The summed E-state index contributed by atoms with van der Waals surface area (Å²) in [6.07, 6.45) is 2.12. The van der Waals surface area contributed by atoms with Gasteiger partial charge in [-0.25, -0.2) is 0 Å². The Morgan fingerprint density at radius 2 is 2.19 bits per heavy atom. The third kappa shape index (κ3) is 9.31. The van der Waals surface area contributed by atoms with Gasteiger partial charge < -0.3 is 15.4 Å². The molecule has 6 heteroatoms. The van der Waals surface area contributed by atoms with Crippen molar-refractivity contribution < 1.29 is 4.74 Å². The van der Waals surface area contributed by atoms with E-state index in [1.807, 2.05) is 6.07 Å². The largest absolute Gasteiger partial charge is 0.383 e. The summed E-state index contributed by atoms with van der Waals surface area (Å²) in [5, 5.41) is 6.60. The smallest absolute Gasteiger partial charge is 0.191 e. The van der Waals surface area contributed by atoms with E-state index in [9.17, 15) is 0 Å². The average molecular weight is 470 g/mol. The van der Waals surface area contributed by atoms with Crippen molar-refractivity contribution in [3.8, 4) is 0 Å². The average Bonchev–Trinajstić information content (AvgIpc) is 2.42. The van der Waals surface area contributed by atoms with Crippen LogP contribution in [0.3, 0.4) is 0 Å². The van der Waals surface area contributed by atoms with E-state index in [0.29, 0.717) is 6.61 Å². The second kappa shape index (κ2) is 12.2. The van der Waals surface area contributed by atoms with E-state index in [1.54, 1.807) is 14.2 Å². The summed E-state index contributed by atoms with van der Waals surface area (Å²) in [5.74, 6) is 0.823. The second-order valence-corrected chi connectivity index (χ2v) is 5.65. The Balaban J connectivity index is 0.00000400. The fourth-order valence-electron chi connectivity index (χ4n) is 1.91. The number of rotatable bonds is 7. The highest BCUT2D eigenvalue weighted by Crippen LogP contribution is 2.12. The summed E-state index contributed by atoms with van der Waals surface area (Å²) < 4.78 is 6.23. The molecule has 1 aromatic carbocycles. The molecule has 0 spiro atoms. The monoisotopic (exact) mass is 469 g/mol. The van der Waals surface area contributed by atoms with Gasteiger partial charge in [-0.05, 0) is 37.5 Å². The fourth-order valence-corrected chi connectivity index (χ4v) is 2.36. The molecule has 2 N–H and O–H groups in total. The first kappa shape index (κ1) is 20.7. The highest BCUT2D eigenvalue weighted by atomic mass is 127. The molecule has 0 bridgehead atoms. The standard InChI is InChI=1S/C15H24BrN3O.HI/c1-12(11-20-3)19-15(17-2)18-9-5-7-13-6-4-8-14(16)10-13;/h4,6,8,10,12H,5,7,9,11H2,1-3H3,(H2,17,18,19);1H. The van der Waals surface area contributed by atoms with E-state index in [4.69, 9.17) is 4.74 Å². The summed E-state index contributed by atoms with van der Waals surface area (Å²) >= 11 is 3.49. The van der Waals surface area contributed by atoms with E-state index in [1.165, 1.54) is 5.56 Å². The van der Waals surface area contributed by atoms with Gasteiger partial charge in [0.25, 0.3) is 0 Å². The van der Waals surface area contributed by atoms with E-state index >= 15 is 0 Å². The quantitative estimate of drug-likeness (QED) is 0.279. The van der Waals surface area contributed by atoms with Crippen LogP contribution < -0.4 is 10.6 Å². The van der Waals surface area contributed by atoms with Gasteiger partial charge in [0.1, 0.15) is 0 Å². The Kier molecular flexibility index (Phi) is 12.0. The lowest BCUT2D eigenvalue weighted by molar-refractivity contribution is 0.179. The second-order valence-electron chi connectivity index (χ2n) is 4.73. The Labute approximate surface area is 153 Å². The van der Waals surface area contributed by atoms with E-state index in [-0.39, 0.29) is 30.0 Å². The summed E-state index contributed by atoms with van der Waals surface area (Å²) in [5.41, 5.74) is 1.34. The Bertz CT molecular complexity index is 429. The minimum absolute atomic E-state index is 0. The number of benzene rings is 1. The van der Waals surface area contributed by atoms with Crippen LogP contribution in [0.2, 0.25) is 0 Å². The Morgan fingerprint density at radius 1 is 1.43 bits per heavy atom. The van der Waals surface area contributed by atoms with Crippen molar-refractivity contribution in [2.45, 2.75) is 25.8 Å². The van der Waals surface area contributed by atoms with Crippen molar-refractivity contribution in [3.63, 3.8) is 0 Å². The summed E-state index contributed by atoms with van der Waals surface area (Å²) in [7, 11) is 3.48. The van der Waals surface area contributed by atoms with Crippen LogP contribution in [0, 0.1) is 0 Å². The van der Waals surface area contributed by atoms with Gasteiger partial charge in [-0.15, -0.1) is 24.0 Å². The number of methoxy groups -OCH3 is 1. The molecule has 0 fully saturated rings. The first-order valence-corrected chi connectivity index (χ1v) is 7.65. The van der Waals surface area contributed by atoms with Gasteiger partial charge in [-0.2, -0.15) is 0 Å². The molecule has 0 amide bonds. The Morgan fingerprint density at radius 3 is 2.81 bits per heavy atom. The number of nitrogens with zero attached hydrogens (tertiary/aromatic N) is 1. The number of ether oxygens (including phenoxy) is 1. The summed E-state index contributed by atoms with van der Waals surface area (Å²) in [6, 6.07) is 8.67. The van der Waals surface area contributed by atoms with Gasteiger partial charge in [0.05, 0.1) is 6.61 Å². The zero-order chi connectivity index (χ0) is 14.8. The number of halogens is 2. The van der Waals surface area contributed by atoms with Crippen LogP contribution in [0.5, 0.6) is 0 Å². The summed E-state index contributed by atoms with van der Waals surface area (Å²) in [6.45, 7) is 3.63. The molecule has 120 valence electrons. The number of aryl methyl sites for hydroxylation is 1. The van der Waals surface area contributed by atoms with E-state index in [0.717, 1.165) is 29.8 Å². The molecule has 1 aromatic rings. The number of guanidine groups is 1. The molecular formula is C15H25BrIN3O. The molecule has 0 radical (unpaired) electrons. The molecule has 0 saturated carbocycles. The minimum atomic E-state index is 0. The number of hydrogen-bond donors (Lipinski definition) is 2. The van der Waals surface area contributed by atoms with Crippen LogP contribution in [-0.2, 0) is 11.2 Å². The topological polar surface area (TPSA) is 45.7 Å². The molecule has 0 heterocycles. The first-order chi connectivity index (χ1) is 9.65. The number of nitrogens with one attached hydrogen (secondary N) is 2. The van der Waals surface area contributed by atoms with Gasteiger partial charge >= 0.3 is 0 Å². The van der Waals surface area contributed by atoms with Crippen LogP contribution in [0.15, 0.2) is 33.7 Å². The molecule has 4 nitrogen and oxygen atoms in total. The third-order valence-corrected chi connectivity index (χ3v) is 3.34. The maximum absolute atomic E-state index is 5.09. The SMILES string of the molecule is CN=C(NCCCc1cccc(Br)c1)NC(C)COC.I. The molecule has 0 saturated heterocycles. The van der Waals surface area contributed by atoms with Crippen molar-refractivity contribution in [1.82, 2.24) is 10.6 Å². The number of aliphatic imine (C=N–C) groups is 1. The van der Waals surface area contributed by atoms with E-state index in [2.05, 4.69) is 56.7 Å². The third-order valence-electron chi connectivity index (χ3n) is 2.85. The van der Waals surface area contributed by atoms with Crippen molar-refractivity contribution in [2.24, 2.45) is 4.99 Å². The van der Waals surface area contributed by atoms with Gasteiger partial charge in [0, 0.05) is 31.2 Å². The molecule has 1 rings (SSSR count). The molecule has 1 atom stereocenters. The normalized spacial score (nSPS) is 12.5. The van der Waals surface area contributed by atoms with Crippen molar-refractivity contribution in [3.05, 3.63) is 34.3 Å². The van der Waals surface area contributed by atoms with Crippen LogP contribution in [0.25, 0.3) is 0 Å². The molecule has 0 aliphatic rings. The van der Waals surface area contributed by atoms with Crippen LogP contribution in [0.1, 0.15) is 18.9 Å². The van der Waals surface area contributed by atoms with E-state index < -0.39 is 0 Å². The molecule has 1 unspecified atom stereocenters. The van der Waals surface area contributed by atoms with Gasteiger partial charge in [0.15, 0.2) is 5.96 Å². The molecule has 21 heavy (non-hydrogen) atoms. The van der Waals surface area contributed by atoms with Gasteiger partial charge in [0.2, 0.25) is 0 Å². The van der Waals surface area contributed by atoms with Crippen molar-refractivity contribution in [1.29, 1.82) is 0 Å². The van der Waals surface area contributed by atoms with Crippen LogP contribution >= 0.6 is 39.9 Å². The number of hydrogen-bond acceptors (Lipinski definition) is 2. The lowest BCUT2D eigenvalue weighted by Gasteiger charge is -2.17. The van der Waals surface area contributed by atoms with Crippen LogP contribution in [0.4, 0.5) is 0 Å². The zero-order valence-electron chi connectivity index (χ0n) is 12.9. The first-order valence-electron chi connectivity index (χ1n) is 6.86. The lowest BCUT2D eigenvalue weighted by Crippen LogP contribution is -2.44. The van der Waals surface area contributed by atoms with Gasteiger partial charge in [-0.3, -0.25) is 4.99 Å². The minimum Gasteiger partial charge on any atom is -0.383 e. The molecule has 0 aliphatic carbocycles. The molecule has 0 aliphatic heterocycles. The van der Waals surface area contributed by atoms with Crippen LogP contribution in [-0.4, -0.2) is 39.3 Å². The van der Waals surface area contributed by atoms with Crippen molar-refractivity contribution in [2.75, 3.05) is 27.3 Å². The molecule has 0 aromatic heterocycles. The summed E-state index contributed by atoms with van der Waals surface area (Å²) in [4.78, 5) is 4.20. The molecular weight excluding hydrogens is 445 g/mol. The van der Waals surface area contributed by atoms with Crippen molar-refractivity contribution >= 4 is 45.9 Å². The predicted molar refractivity (Wildman–Crippen MR) is 104 cm³/mol. The highest BCUT2D eigenvalue weighted by Gasteiger charge is 2.03. The Hall–Kier alpha value is -0.340. The maximum Gasteiger partial charge on any atom is 0.191 e. The van der Waals surface area contributed by atoms with Gasteiger partial charge in [-0.1, -0.05) is 28.1 Å².